The third-order valence-electron chi connectivity index (χ3n) is 5.29. The van der Waals surface area contributed by atoms with Crippen LogP contribution in [0.25, 0.3) is 0 Å². The summed E-state index contributed by atoms with van der Waals surface area (Å²) >= 11 is 6.25. The van der Waals surface area contributed by atoms with Crippen LogP contribution in [0.2, 0.25) is 5.02 Å². The minimum atomic E-state index is -3.63. The van der Waals surface area contributed by atoms with Gasteiger partial charge in [0.1, 0.15) is 0 Å². The van der Waals surface area contributed by atoms with E-state index in [9.17, 15) is 13.2 Å². The zero-order valence-corrected chi connectivity index (χ0v) is 18.2. The van der Waals surface area contributed by atoms with E-state index < -0.39 is 10.0 Å². The Hall–Kier alpha value is -1.15. The van der Waals surface area contributed by atoms with Gasteiger partial charge in [0.05, 0.1) is 15.5 Å². The van der Waals surface area contributed by atoms with Gasteiger partial charge in [-0.15, -0.1) is 0 Å². The summed E-state index contributed by atoms with van der Waals surface area (Å²) in [5, 5.41) is 0.282. The van der Waals surface area contributed by atoms with E-state index in [1.165, 1.54) is 22.5 Å². The van der Waals surface area contributed by atoms with Gasteiger partial charge in [-0.25, -0.2) is 8.42 Å². The predicted octanol–water partition coefficient (Wildman–Crippen LogP) is 2.93. The average molecular weight is 416 g/mol. The fourth-order valence-corrected chi connectivity index (χ4v) is 5.36. The Morgan fingerprint density at radius 1 is 1.15 bits per heavy atom. The number of amides is 1. The van der Waals surface area contributed by atoms with Crippen molar-refractivity contribution >= 4 is 27.5 Å². The fraction of sp³-hybridized carbons (Fsp3) is 0.632. The molecule has 8 heteroatoms. The number of rotatable bonds is 8. The molecule has 0 bridgehead atoms. The van der Waals surface area contributed by atoms with E-state index in [2.05, 4.69) is 18.7 Å². The normalized spacial score (nSPS) is 17.9. The SMILES string of the molecule is CCN(CC)C1CCN(C(=O)c2cc(S(=O)(=O)N(CC)CC)ccc2Cl)C1. The van der Waals surface area contributed by atoms with Crippen LogP contribution >= 0.6 is 11.6 Å². The molecule has 1 aliphatic heterocycles. The minimum Gasteiger partial charge on any atom is -0.337 e. The van der Waals surface area contributed by atoms with Crippen LogP contribution in [0.3, 0.4) is 0 Å². The monoisotopic (exact) mass is 415 g/mol. The Kier molecular flexibility index (Phi) is 7.68. The lowest BCUT2D eigenvalue weighted by molar-refractivity contribution is 0.0778. The van der Waals surface area contributed by atoms with E-state index >= 15 is 0 Å². The van der Waals surface area contributed by atoms with Crippen molar-refractivity contribution in [1.29, 1.82) is 0 Å². The molecule has 1 aromatic carbocycles. The zero-order valence-electron chi connectivity index (χ0n) is 16.6. The molecule has 27 heavy (non-hydrogen) atoms. The molecule has 1 unspecified atom stereocenters. The Bertz CT molecular complexity index is 761. The Balaban J connectivity index is 2.28. The highest BCUT2D eigenvalue weighted by molar-refractivity contribution is 7.89. The number of carbonyl (C=O) groups excluding carboxylic acids is 1. The molecule has 0 N–H and O–H groups in total. The largest absolute Gasteiger partial charge is 0.337 e. The van der Waals surface area contributed by atoms with Crippen LogP contribution in [-0.2, 0) is 10.0 Å². The maximum Gasteiger partial charge on any atom is 0.255 e. The molecule has 0 saturated carbocycles. The molecule has 0 aromatic heterocycles. The van der Waals surface area contributed by atoms with Gasteiger partial charge in [-0.2, -0.15) is 4.31 Å². The number of halogens is 1. The summed E-state index contributed by atoms with van der Waals surface area (Å²) in [5.74, 6) is -0.203. The molecule has 2 rings (SSSR count). The molecule has 1 atom stereocenters. The lowest BCUT2D eigenvalue weighted by Gasteiger charge is -2.26. The standard InChI is InChI=1S/C19H30ClN3O3S/c1-5-21(6-2)15-11-12-22(14-15)19(24)17-13-16(9-10-18(17)20)27(25,26)23(7-3)8-4/h9-10,13,15H,5-8,11-12,14H2,1-4H3. The number of hydrogen-bond donors (Lipinski definition) is 0. The summed E-state index contributed by atoms with van der Waals surface area (Å²) in [7, 11) is -3.63. The van der Waals surface area contributed by atoms with Crippen molar-refractivity contribution in [3.8, 4) is 0 Å². The second kappa shape index (κ2) is 9.37. The highest BCUT2D eigenvalue weighted by Crippen LogP contribution is 2.26. The summed E-state index contributed by atoms with van der Waals surface area (Å²) in [4.78, 5) is 17.2. The van der Waals surface area contributed by atoms with E-state index in [1.54, 1.807) is 18.7 Å². The Morgan fingerprint density at radius 2 is 1.78 bits per heavy atom. The van der Waals surface area contributed by atoms with Gasteiger partial charge in [0.25, 0.3) is 5.91 Å². The van der Waals surface area contributed by atoms with Crippen LogP contribution in [0.15, 0.2) is 23.1 Å². The zero-order chi connectivity index (χ0) is 20.2. The van der Waals surface area contributed by atoms with E-state index in [0.29, 0.717) is 32.2 Å². The number of benzene rings is 1. The van der Waals surface area contributed by atoms with E-state index in [1.807, 2.05) is 0 Å². The number of carbonyl (C=O) groups is 1. The second-order valence-electron chi connectivity index (χ2n) is 6.65. The smallest absolute Gasteiger partial charge is 0.255 e. The molecule has 1 saturated heterocycles. The molecule has 1 amide bonds. The molecule has 0 aliphatic carbocycles. The lowest BCUT2D eigenvalue weighted by Crippen LogP contribution is -2.38. The van der Waals surface area contributed by atoms with Crippen LogP contribution in [0.1, 0.15) is 44.5 Å². The molecule has 1 heterocycles. The van der Waals surface area contributed by atoms with Crippen LogP contribution in [0.4, 0.5) is 0 Å². The van der Waals surface area contributed by atoms with Gasteiger partial charge < -0.3 is 4.90 Å². The van der Waals surface area contributed by atoms with Crippen molar-refractivity contribution in [2.24, 2.45) is 0 Å². The summed E-state index contributed by atoms with van der Waals surface area (Å²) in [6.45, 7) is 11.8. The number of sulfonamides is 1. The van der Waals surface area contributed by atoms with Crippen molar-refractivity contribution < 1.29 is 13.2 Å². The predicted molar refractivity (Wildman–Crippen MR) is 109 cm³/mol. The fourth-order valence-electron chi connectivity index (χ4n) is 3.68. The Labute approximate surface area is 168 Å². The first kappa shape index (κ1) is 22.1. The van der Waals surface area contributed by atoms with E-state index in [4.69, 9.17) is 11.6 Å². The number of likely N-dealkylation sites (tertiary alicyclic amines) is 1. The Morgan fingerprint density at radius 3 is 2.33 bits per heavy atom. The van der Waals surface area contributed by atoms with Crippen molar-refractivity contribution in [1.82, 2.24) is 14.1 Å². The second-order valence-corrected chi connectivity index (χ2v) is 8.99. The van der Waals surface area contributed by atoms with Gasteiger partial charge in [-0.05, 0) is 37.7 Å². The van der Waals surface area contributed by atoms with E-state index in [0.717, 1.165) is 19.5 Å². The van der Waals surface area contributed by atoms with Crippen molar-refractivity contribution in [3.05, 3.63) is 28.8 Å². The first-order valence-electron chi connectivity index (χ1n) is 9.63. The summed E-state index contributed by atoms with van der Waals surface area (Å²) in [5.41, 5.74) is 0.255. The summed E-state index contributed by atoms with van der Waals surface area (Å²) in [6, 6.07) is 4.73. The third-order valence-corrected chi connectivity index (χ3v) is 7.67. The quantitative estimate of drug-likeness (QED) is 0.654. The van der Waals surface area contributed by atoms with E-state index in [-0.39, 0.29) is 21.4 Å². The number of likely N-dealkylation sites (N-methyl/N-ethyl adjacent to an activating group) is 1. The van der Waals surface area contributed by atoms with Crippen LogP contribution in [0, 0.1) is 0 Å². The maximum atomic E-state index is 13.0. The van der Waals surface area contributed by atoms with Gasteiger partial charge >= 0.3 is 0 Å². The summed E-state index contributed by atoms with van der Waals surface area (Å²) < 4.78 is 26.9. The van der Waals surface area contributed by atoms with Gasteiger partial charge in [0, 0.05) is 32.2 Å². The van der Waals surface area contributed by atoms with Crippen LogP contribution in [0.5, 0.6) is 0 Å². The van der Waals surface area contributed by atoms with Crippen LogP contribution in [-0.4, -0.2) is 73.7 Å². The van der Waals surface area contributed by atoms with Crippen molar-refractivity contribution in [2.45, 2.75) is 45.1 Å². The first-order valence-corrected chi connectivity index (χ1v) is 11.4. The topological polar surface area (TPSA) is 60.9 Å². The van der Waals surface area contributed by atoms with Gasteiger partial charge in [-0.1, -0.05) is 39.3 Å². The molecule has 152 valence electrons. The third kappa shape index (κ3) is 4.65. The molecular weight excluding hydrogens is 386 g/mol. The van der Waals surface area contributed by atoms with Gasteiger partial charge in [0.15, 0.2) is 0 Å². The molecule has 1 aliphatic rings. The minimum absolute atomic E-state index is 0.110. The van der Waals surface area contributed by atoms with Gasteiger partial charge in [-0.3, -0.25) is 9.69 Å². The average Bonchev–Trinajstić information content (AvgIpc) is 3.13. The molecular formula is C19H30ClN3O3S. The first-order chi connectivity index (χ1) is 12.8. The van der Waals surface area contributed by atoms with Crippen molar-refractivity contribution in [2.75, 3.05) is 39.3 Å². The molecule has 0 spiro atoms. The summed E-state index contributed by atoms with van der Waals surface area (Å²) in [6.07, 6.45) is 0.919. The highest BCUT2D eigenvalue weighted by atomic mass is 35.5. The van der Waals surface area contributed by atoms with Crippen molar-refractivity contribution in [3.63, 3.8) is 0 Å². The molecule has 1 aromatic rings. The molecule has 0 radical (unpaired) electrons. The maximum absolute atomic E-state index is 13.0. The highest BCUT2D eigenvalue weighted by Gasteiger charge is 2.31. The van der Waals surface area contributed by atoms with Crippen LogP contribution < -0.4 is 0 Å². The number of hydrogen-bond acceptors (Lipinski definition) is 4. The molecule has 6 nitrogen and oxygen atoms in total. The lowest BCUT2D eigenvalue weighted by atomic mass is 10.2. The van der Waals surface area contributed by atoms with Gasteiger partial charge in [0.2, 0.25) is 10.0 Å². The molecule has 1 fully saturated rings. The number of nitrogens with zero attached hydrogens (tertiary/aromatic N) is 3.